The van der Waals surface area contributed by atoms with Crippen LogP contribution in [0, 0.1) is 5.41 Å². The van der Waals surface area contributed by atoms with Gasteiger partial charge >= 0.3 is 12.1 Å². The smallest absolute Gasteiger partial charge is 0.415 e. The molecule has 0 spiro atoms. The second-order valence-corrected chi connectivity index (χ2v) is 10.8. The Morgan fingerprint density at radius 3 is 2.20 bits per heavy atom. The van der Waals surface area contributed by atoms with E-state index < -0.39 is 17.4 Å². The van der Waals surface area contributed by atoms with E-state index in [1.165, 1.54) is 0 Å². The molecule has 2 aromatic rings. The van der Waals surface area contributed by atoms with Gasteiger partial charge < -0.3 is 29.9 Å². The van der Waals surface area contributed by atoms with Crippen LogP contribution in [0.4, 0.5) is 22.2 Å². The lowest BCUT2D eigenvalue weighted by molar-refractivity contribution is -0.137. The lowest BCUT2D eigenvalue weighted by Crippen LogP contribution is -2.41. The van der Waals surface area contributed by atoms with E-state index in [-0.39, 0.29) is 24.2 Å². The highest BCUT2D eigenvalue weighted by Gasteiger charge is 2.31. The number of nitrogens with one attached hydrogen (secondary N) is 1. The predicted molar refractivity (Wildman–Crippen MR) is 155 cm³/mol. The fourth-order valence-corrected chi connectivity index (χ4v) is 4.52. The number of amides is 2. The summed E-state index contributed by atoms with van der Waals surface area (Å²) in [5.74, 6) is -0.0580. The molecule has 218 valence electrons. The van der Waals surface area contributed by atoms with Gasteiger partial charge in [-0.1, -0.05) is 32.9 Å². The quantitative estimate of drug-likeness (QED) is 0.415. The molecule has 1 saturated heterocycles. The largest absolute Gasteiger partial charge is 0.480 e. The van der Waals surface area contributed by atoms with E-state index >= 15 is 0 Å². The van der Waals surface area contributed by atoms with Gasteiger partial charge in [-0.05, 0) is 51.3 Å². The van der Waals surface area contributed by atoms with E-state index in [4.69, 9.17) is 4.74 Å². The van der Waals surface area contributed by atoms with Gasteiger partial charge in [0.15, 0.2) is 5.82 Å². The minimum atomic E-state index is -1.07. The highest BCUT2D eigenvalue weighted by molar-refractivity contribution is 5.99. The standard InChI is InChI=1S/C29H42N6O5/c1-7-33(8-2)27-30-19-23(35(9-3)26(38)29(4,5)6)24(32-27)31-22(25(36)37)18-20-12-14-21(15-13-20)40-28(39)34-16-10-11-17-34/h12-15,19,22H,7-11,16-18H2,1-6H3,(H,36,37)(H,30,31,32)/t22-/m0/s1. The monoisotopic (exact) mass is 554 g/mol. The average Bonchev–Trinajstić information content (AvgIpc) is 3.46. The number of hydrogen-bond donors (Lipinski definition) is 2. The average molecular weight is 555 g/mol. The summed E-state index contributed by atoms with van der Waals surface area (Å²) in [6, 6.07) is 5.77. The zero-order chi connectivity index (χ0) is 29.4. The molecule has 1 aromatic heterocycles. The summed E-state index contributed by atoms with van der Waals surface area (Å²) >= 11 is 0. The van der Waals surface area contributed by atoms with Gasteiger partial charge in [-0.25, -0.2) is 14.6 Å². The van der Waals surface area contributed by atoms with Crippen LogP contribution in [-0.4, -0.2) is 76.7 Å². The van der Waals surface area contributed by atoms with E-state index in [1.807, 2.05) is 46.4 Å². The first kappa shape index (κ1) is 30.6. The fourth-order valence-electron chi connectivity index (χ4n) is 4.52. The van der Waals surface area contributed by atoms with Gasteiger partial charge in [0.1, 0.15) is 17.5 Å². The highest BCUT2D eigenvalue weighted by atomic mass is 16.6. The van der Waals surface area contributed by atoms with Crippen molar-refractivity contribution in [3.8, 4) is 5.75 Å². The number of ether oxygens (including phenoxy) is 1. The molecule has 0 unspecified atom stereocenters. The van der Waals surface area contributed by atoms with Gasteiger partial charge in [-0.3, -0.25) is 4.79 Å². The summed E-state index contributed by atoms with van der Waals surface area (Å²) in [6.45, 7) is 14.4. The van der Waals surface area contributed by atoms with Crippen molar-refractivity contribution in [1.82, 2.24) is 14.9 Å². The Balaban J connectivity index is 1.87. The third kappa shape index (κ3) is 7.61. The molecule has 0 aliphatic carbocycles. The zero-order valence-corrected chi connectivity index (χ0v) is 24.4. The number of nitrogens with zero attached hydrogens (tertiary/aromatic N) is 5. The van der Waals surface area contributed by atoms with Crippen molar-refractivity contribution >= 4 is 35.4 Å². The van der Waals surface area contributed by atoms with Gasteiger partial charge in [0.2, 0.25) is 11.9 Å². The molecule has 11 nitrogen and oxygen atoms in total. The minimum Gasteiger partial charge on any atom is -0.480 e. The van der Waals surface area contributed by atoms with Crippen LogP contribution in [0.15, 0.2) is 30.5 Å². The van der Waals surface area contributed by atoms with E-state index in [2.05, 4.69) is 15.3 Å². The third-order valence-corrected chi connectivity index (χ3v) is 6.84. The maximum Gasteiger partial charge on any atom is 0.415 e. The number of carboxylic acids is 1. The van der Waals surface area contributed by atoms with Crippen LogP contribution in [0.2, 0.25) is 0 Å². The number of likely N-dealkylation sites (tertiary alicyclic amines) is 1. The van der Waals surface area contributed by atoms with Crippen LogP contribution in [-0.2, 0) is 16.0 Å². The summed E-state index contributed by atoms with van der Waals surface area (Å²) in [4.78, 5) is 52.3. The van der Waals surface area contributed by atoms with E-state index in [0.717, 1.165) is 18.4 Å². The third-order valence-electron chi connectivity index (χ3n) is 6.84. The first-order valence-corrected chi connectivity index (χ1v) is 14.0. The fraction of sp³-hybridized carbons (Fsp3) is 0.552. The van der Waals surface area contributed by atoms with Crippen LogP contribution < -0.4 is 19.9 Å². The van der Waals surface area contributed by atoms with Crippen molar-refractivity contribution in [1.29, 1.82) is 0 Å². The van der Waals surface area contributed by atoms with Gasteiger partial charge in [-0.15, -0.1) is 0 Å². The maximum atomic E-state index is 13.3. The molecule has 11 heteroatoms. The molecular weight excluding hydrogens is 512 g/mol. The molecule has 3 rings (SSSR count). The molecule has 2 N–H and O–H groups in total. The van der Waals surface area contributed by atoms with Gasteiger partial charge in [0.25, 0.3) is 0 Å². The normalized spacial score (nSPS) is 14.0. The summed E-state index contributed by atoms with van der Waals surface area (Å²) in [5, 5.41) is 13.2. The lowest BCUT2D eigenvalue weighted by Gasteiger charge is -2.31. The van der Waals surface area contributed by atoms with E-state index in [1.54, 1.807) is 40.3 Å². The van der Waals surface area contributed by atoms with Gasteiger partial charge in [-0.2, -0.15) is 4.98 Å². The molecule has 0 saturated carbocycles. The van der Waals surface area contributed by atoms with Crippen LogP contribution in [0.3, 0.4) is 0 Å². The highest BCUT2D eigenvalue weighted by Crippen LogP contribution is 2.30. The van der Waals surface area contributed by atoms with Crippen LogP contribution in [0.25, 0.3) is 0 Å². The number of carbonyl (C=O) groups is 3. The van der Waals surface area contributed by atoms with Crippen LogP contribution in [0.5, 0.6) is 5.75 Å². The van der Waals surface area contributed by atoms with Crippen molar-refractivity contribution in [2.45, 2.75) is 66.8 Å². The van der Waals surface area contributed by atoms with E-state index in [0.29, 0.717) is 50.1 Å². The Morgan fingerprint density at radius 1 is 1.05 bits per heavy atom. The minimum absolute atomic E-state index is 0.122. The number of benzene rings is 1. The lowest BCUT2D eigenvalue weighted by atomic mass is 9.94. The molecule has 1 fully saturated rings. The number of aliphatic carboxylic acids is 1. The summed E-state index contributed by atoms with van der Waals surface area (Å²) in [5.41, 5.74) is 0.504. The van der Waals surface area contributed by atoms with Crippen molar-refractivity contribution in [2.24, 2.45) is 5.41 Å². The molecule has 0 bridgehead atoms. The summed E-state index contributed by atoms with van der Waals surface area (Å²) < 4.78 is 5.46. The van der Waals surface area contributed by atoms with Gasteiger partial charge in [0, 0.05) is 44.6 Å². The maximum absolute atomic E-state index is 13.3. The Hall–Kier alpha value is -3.89. The first-order chi connectivity index (χ1) is 19.0. The molecular formula is C29H42N6O5. The zero-order valence-electron chi connectivity index (χ0n) is 24.4. The molecule has 1 aromatic carbocycles. The number of carboxylic acid groups (broad SMARTS) is 1. The van der Waals surface area contributed by atoms with Crippen molar-refractivity contribution in [2.75, 3.05) is 47.8 Å². The molecule has 1 aliphatic rings. The Labute approximate surface area is 236 Å². The topological polar surface area (TPSA) is 128 Å². The first-order valence-electron chi connectivity index (χ1n) is 14.0. The Kier molecular flexibility index (Phi) is 10.3. The van der Waals surface area contributed by atoms with Crippen molar-refractivity contribution < 1.29 is 24.2 Å². The number of hydrogen-bond acceptors (Lipinski definition) is 8. The Morgan fingerprint density at radius 2 is 1.68 bits per heavy atom. The number of carbonyl (C=O) groups excluding carboxylic acids is 2. The molecule has 2 amide bonds. The molecule has 1 aliphatic heterocycles. The second-order valence-electron chi connectivity index (χ2n) is 10.8. The van der Waals surface area contributed by atoms with Crippen LogP contribution >= 0.6 is 0 Å². The second kappa shape index (κ2) is 13.5. The number of aromatic nitrogens is 2. The predicted octanol–water partition coefficient (Wildman–Crippen LogP) is 4.42. The molecule has 0 radical (unpaired) electrons. The van der Waals surface area contributed by atoms with E-state index in [9.17, 15) is 19.5 Å². The summed E-state index contributed by atoms with van der Waals surface area (Å²) in [6.07, 6.45) is 3.30. The number of anilines is 3. The van der Waals surface area contributed by atoms with Gasteiger partial charge in [0.05, 0.1) is 6.20 Å². The van der Waals surface area contributed by atoms with Crippen molar-refractivity contribution in [3.63, 3.8) is 0 Å². The SMILES string of the molecule is CCN(CC)c1ncc(N(CC)C(=O)C(C)(C)C)c(N[C@@H](Cc2ccc(OC(=O)N3CCCC3)cc2)C(=O)O)n1. The number of rotatable bonds is 11. The molecule has 2 heterocycles. The van der Waals surface area contributed by atoms with Crippen molar-refractivity contribution in [3.05, 3.63) is 36.0 Å². The summed E-state index contributed by atoms with van der Waals surface area (Å²) in [7, 11) is 0. The molecule has 1 atom stereocenters. The van der Waals surface area contributed by atoms with Crippen LogP contribution in [0.1, 0.15) is 59.9 Å². The Bertz CT molecular complexity index is 1170. The molecule has 40 heavy (non-hydrogen) atoms.